The summed E-state index contributed by atoms with van der Waals surface area (Å²) in [6.07, 6.45) is 7.65. The Morgan fingerprint density at radius 2 is 1.87 bits per heavy atom. The van der Waals surface area contributed by atoms with E-state index in [4.69, 9.17) is 4.74 Å². The van der Waals surface area contributed by atoms with Crippen molar-refractivity contribution in [3.63, 3.8) is 0 Å². The Kier molecular flexibility index (Phi) is 7.43. The maximum atomic E-state index is 14.3. The number of fused-ring (bicyclic) bond motifs is 2. The van der Waals surface area contributed by atoms with Crippen molar-refractivity contribution in [3.05, 3.63) is 35.8 Å². The average Bonchev–Trinajstić information content (AvgIpc) is 3.55. The van der Waals surface area contributed by atoms with E-state index in [0.29, 0.717) is 18.5 Å². The molecule has 2 aliphatic heterocycles. The van der Waals surface area contributed by atoms with Gasteiger partial charge in [0.15, 0.2) is 0 Å². The molecule has 11 heteroatoms. The van der Waals surface area contributed by atoms with E-state index in [2.05, 4.69) is 10.3 Å². The van der Waals surface area contributed by atoms with Crippen LogP contribution in [0.1, 0.15) is 70.8 Å². The van der Waals surface area contributed by atoms with E-state index in [-0.39, 0.29) is 36.1 Å². The molecule has 0 spiro atoms. The van der Waals surface area contributed by atoms with Crippen molar-refractivity contribution in [2.24, 2.45) is 5.92 Å². The number of carbonyl (C=O) groups is 2. The first-order chi connectivity index (χ1) is 18.3. The third-order valence-electron chi connectivity index (χ3n) is 8.42. The molecular weight excluding hydrogens is 523 g/mol. The quantitative estimate of drug-likeness (QED) is 0.570. The van der Waals surface area contributed by atoms with Gasteiger partial charge < -0.3 is 19.9 Å². The van der Waals surface area contributed by atoms with E-state index >= 15 is 0 Å². The first-order valence-electron chi connectivity index (χ1n) is 13.9. The summed E-state index contributed by atoms with van der Waals surface area (Å²) in [5, 5.41) is 3.71. The summed E-state index contributed by atoms with van der Waals surface area (Å²) in [4.78, 5) is 32.1. The topological polar surface area (TPSA) is 112 Å². The minimum atomic E-state index is -3.53. The van der Waals surface area contributed by atoms with E-state index in [1.54, 1.807) is 37.9 Å². The second-order valence-corrected chi connectivity index (χ2v) is 14.2. The van der Waals surface area contributed by atoms with Crippen LogP contribution in [0.5, 0.6) is 0 Å². The van der Waals surface area contributed by atoms with Crippen LogP contribution in [-0.2, 0) is 19.6 Å². The maximum Gasteiger partial charge on any atom is 0.408 e. The van der Waals surface area contributed by atoms with Crippen LogP contribution in [0.15, 0.2) is 24.4 Å². The van der Waals surface area contributed by atoms with Crippen LogP contribution in [0.3, 0.4) is 0 Å². The molecule has 4 atom stereocenters. The lowest BCUT2D eigenvalue weighted by atomic mass is 9.83. The highest BCUT2D eigenvalue weighted by atomic mass is 32.2. The lowest BCUT2D eigenvalue weighted by Crippen LogP contribution is -2.55. The van der Waals surface area contributed by atoms with Gasteiger partial charge in [0.05, 0.1) is 12.3 Å². The monoisotopic (exact) mass is 562 g/mol. The second kappa shape index (κ2) is 10.4. The minimum absolute atomic E-state index is 0.0141. The highest BCUT2D eigenvalue weighted by Gasteiger charge is 2.55. The molecule has 5 rings (SSSR count). The van der Waals surface area contributed by atoms with Gasteiger partial charge in [-0.05, 0) is 69.7 Å². The summed E-state index contributed by atoms with van der Waals surface area (Å²) in [6, 6.07) is 2.99. The van der Waals surface area contributed by atoms with Crippen molar-refractivity contribution in [2.75, 3.05) is 19.3 Å². The number of hydrogen-bond acceptors (Lipinski definition) is 5. The molecule has 3 aliphatic rings. The fourth-order valence-electron chi connectivity index (χ4n) is 6.85. The van der Waals surface area contributed by atoms with Gasteiger partial charge in [-0.2, -0.15) is 4.31 Å². The number of alkyl carbamates (subject to hydrolysis) is 1. The molecule has 39 heavy (non-hydrogen) atoms. The average molecular weight is 563 g/mol. The van der Waals surface area contributed by atoms with Crippen LogP contribution in [-0.4, -0.2) is 77.7 Å². The number of sulfonamides is 1. The van der Waals surface area contributed by atoms with Crippen LogP contribution in [0, 0.1) is 11.7 Å². The summed E-state index contributed by atoms with van der Waals surface area (Å²) in [5.74, 6) is -0.866. The van der Waals surface area contributed by atoms with Crippen molar-refractivity contribution in [3.8, 4) is 0 Å². The zero-order chi connectivity index (χ0) is 28.1. The van der Waals surface area contributed by atoms with E-state index in [9.17, 15) is 22.4 Å². The third-order valence-corrected chi connectivity index (χ3v) is 9.69. The molecule has 3 fully saturated rings. The molecule has 1 aromatic carbocycles. The number of amides is 2. The summed E-state index contributed by atoms with van der Waals surface area (Å²) in [6.45, 7) is 5.98. The van der Waals surface area contributed by atoms with Gasteiger partial charge in [-0.25, -0.2) is 17.6 Å². The van der Waals surface area contributed by atoms with Gasteiger partial charge in [-0.1, -0.05) is 19.3 Å². The highest BCUT2D eigenvalue weighted by Crippen LogP contribution is 2.44. The summed E-state index contributed by atoms with van der Waals surface area (Å²) in [7, 11) is -3.53. The van der Waals surface area contributed by atoms with E-state index < -0.39 is 33.8 Å². The van der Waals surface area contributed by atoms with Crippen molar-refractivity contribution in [2.45, 2.75) is 88.9 Å². The van der Waals surface area contributed by atoms with Gasteiger partial charge in [-0.3, -0.25) is 4.79 Å². The fourth-order valence-corrected chi connectivity index (χ4v) is 8.00. The molecule has 2 N–H and O–H groups in total. The number of halogens is 1. The van der Waals surface area contributed by atoms with Crippen molar-refractivity contribution in [1.82, 2.24) is 19.5 Å². The molecule has 3 heterocycles. The molecule has 0 radical (unpaired) electrons. The van der Waals surface area contributed by atoms with Crippen LogP contribution < -0.4 is 5.32 Å². The number of ether oxygens (including phenoxy) is 1. The van der Waals surface area contributed by atoms with Crippen LogP contribution in [0.2, 0.25) is 0 Å². The number of benzene rings is 1. The largest absolute Gasteiger partial charge is 0.444 e. The Labute approximate surface area is 229 Å². The Balaban J connectivity index is 1.49. The number of carbonyl (C=O) groups excluding carboxylic acids is 2. The van der Waals surface area contributed by atoms with Crippen LogP contribution >= 0.6 is 0 Å². The number of likely N-dealkylation sites (tertiary alicyclic amines) is 1. The number of nitrogens with one attached hydrogen (secondary N) is 2. The number of rotatable bonds is 5. The molecular formula is C28H39FN4O5S. The molecule has 214 valence electrons. The summed E-state index contributed by atoms with van der Waals surface area (Å²) in [5.41, 5.74) is 0.784. The van der Waals surface area contributed by atoms with Gasteiger partial charge in [0.1, 0.15) is 17.5 Å². The predicted octanol–water partition coefficient (Wildman–Crippen LogP) is 4.11. The van der Waals surface area contributed by atoms with Crippen LogP contribution in [0.4, 0.5) is 9.18 Å². The molecule has 0 unspecified atom stereocenters. The van der Waals surface area contributed by atoms with Crippen molar-refractivity contribution in [1.29, 1.82) is 0 Å². The minimum Gasteiger partial charge on any atom is -0.444 e. The lowest BCUT2D eigenvalue weighted by molar-refractivity contribution is -0.136. The zero-order valence-corrected chi connectivity index (χ0v) is 23.9. The lowest BCUT2D eigenvalue weighted by Gasteiger charge is -2.36. The van der Waals surface area contributed by atoms with Crippen molar-refractivity contribution >= 4 is 32.9 Å². The van der Waals surface area contributed by atoms with Crippen LogP contribution in [0.25, 0.3) is 10.9 Å². The highest BCUT2D eigenvalue weighted by molar-refractivity contribution is 7.88. The Morgan fingerprint density at radius 1 is 1.15 bits per heavy atom. The van der Waals surface area contributed by atoms with Gasteiger partial charge in [-0.15, -0.1) is 0 Å². The van der Waals surface area contributed by atoms with E-state index in [1.807, 2.05) is 0 Å². The molecule has 1 aliphatic carbocycles. The number of hydrogen-bond donors (Lipinski definition) is 2. The van der Waals surface area contributed by atoms with Gasteiger partial charge in [0.25, 0.3) is 0 Å². The maximum absolute atomic E-state index is 14.3. The van der Waals surface area contributed by atoms with Gasteiger partial charge in [0, 0.05) is 42.1 Å². The second-order valence-electron chi connectivity index (χ2n) is 12.3. The first kappa shape index (κ1) is 27.9. The third kappa shape index (κ3) is 5.66. The Morgan fingerprint density at radius 3 is 2.54 bits per heavy atom. The SMILES string of the molecule is CC(C)(C)OC(=O)N[C@H](C(=O)N1CC[C@@H]2[C@H]1[C@@H](c1c[nH]c3cc(F)ccc13)CN2S(C)(=O)=O)C1CCCCC1. The molecule has 0 bridgehead atoms. The standard InChI is InChI=1S/C28H39FN4O5S/c1-28(2,3)38-27(35)31-24(17-8-6-5-7-9-17)26(34)32-13-12-23-25(32)21(16-33(23)39(4,36)37)20-15-30-22-14-18(29)10-11-19(20)22/h10-11,14-15,17,21,23-25,30H,5-9,12-13,16H2,1-4H3,(H,31,35)/t21-,23-,24+,25-/m1/s1. The first-order valence-corrected chi connectivity index (χ1v) is 15.7. The van der Waals surface area contributed by atoms with Crippen molar-refractivity contribution < 1.29 is 27.1 Å². The number of nitrogens with zero attached hydrogens (tertiary/aromatic N) is 2. The number of H-pyrrole nitrogens is 1. The molecule has 2 saturated heterocycles. The summed E-state index contributed by atoms with van der Waals surface area (Å²) < 4.78 is 46.6. The number of aromatic nitrogens is 1. The molecule has 9 nitrogen and oxygen atoms in total. The summed E-state index contributed by atoms with van der Waals surface area (Å²) >= 11 is 0. The molecule has 2 amide bonds. The molecule has 1 saturated carbocycles. The van der Waals surface area contributed by atoms with Gasteiger partial charge >= 0.3 is 6.09 Å². The van der Waals surface area contributed by atoms with E-state index in [0.717, 1.165) is 43.1 Å². The normalized spacial score (nSPS) is 25.6. The van der Waals surface area contributed by atoms with Gasteiger partial charge in [0.2, 0.25) is 15.9 Å². The predicted molar refractivity (Wildman–Crippen MR) is 146 cm³/mol. The number of aromatic amines is 1. The van der Waals surface area contributed by atoms with E-state index in [1.165, 1.54) is 22.7 Å². The molecule has 1 aromatic heterocycles. The Bertz CT molecular complexity index is 1350. The molecule has 2 aromatic rings. The zero-order valence-electron chi connectivity index (χ0n) is 23.1. The fraction of sp³-hybridized carbons (Fsp3) is 0.643. The Hall–Kier alpha value is -2.66. The smallest absolute Gasteiger partial charge is 0.408 e.